The zero-order chi connectivity index (χ0) is 14.6. The Labute approximate surface area is 120 Å². The Morgan fingerprint density at radius 3 is 2.47 bits per heavy atom. The molecule has 0 amide bonds. The molecule has 0 aliphatic rings. The van der Waals surface area contributed by atoms with Crippen molar-refractivity contribution < 1.29 is 9.84 Å². The molecule has 0 radical (unpaired) electrons. The quantitative estimate of drug-likeness (QED) is 0.506. The molecule has 0 spiro atoms. The van der Waals surface area contributed by atoms with E-state index in [9.17, 15) is 5.11 Å². The molecule has 19 heavy (non-hydrogen) atoms. The first-order chi connectivity index (χ1) is 9.14. The van der Waals surface area contributed by atoms with E-state index in [2.05, 4.69) is 33.0 Å². The Morgan fingerprint density at radius 2 is 1.95 bits per heavy atom. The number of nitrogens with one attached hydrogen (secondary N) is 1. The number of aliphatic hydroxyl groups is 1. The molecule has 0 aliphatic heterocycles. The Kier molecular flexibility index (Phi) is 11.6. The lowest BCUT2D eigenvalue weighted by molar-refractivity contribution is 0.0829. The number of hydrogen-bond acceptors (Lipinski definition) is 3. The molecule has 0 rings (SSSR count). The fourth-order valence-electron chi connectivity index (χ4n) is 2.40. The summed E-state index contributed by atoms with van der Waals surface area (Å²) in [5.74, 6) is 0.664. The molecule has 2 atom stereocenters. The van der Waals surface area contributed by atoms with Gasteiger partial charge in [-0.2, -0.15) is 0 Å². The van der Waals surface area contributed by atoms with Gasteiger partial charge in [0.15, 0.2) is 0 Å². The van der Waals surface area contributed by atoms with Crippen LogP contribution in [0.3, 0.4) is 0 Å². The highest BCUT2D eigenvalue weighted by atomic mass is 16.5. The van der Waals surface area contributed by atoms with Gasteiger partial charge in [0.25, 0.3) is 0 Å². The minimum absolute atomic E-state index is 0.103. The maximum Gasteiger partial charge on any atom is 0.0613 e. The van der Waals surface area contributed by atoms with Gasteiger partial charge in [0, 0.05) is 18.8 Å². The van der Waals surface area contributed by atoms with E-state index in [0.29, 0.717) is 5.92 Å². The van der Waals surface area contributed by atoms with Crippen LogP contribution < -0.4 is 5.32 Å². The molecule has 0 aromatic heterocycles. The Bertz CT molecular complexity index is 193. The van der Waals surface area contributed by atoms with E-state index in [-0.39, 0.29) is 12.1 Å². The number of hydrogen-bond donors (Lipinski definition) is 2. The Hall–Kier alpha value is -0.120. The summed E-state index contributed by atoms with van der Waals surface area (Å²) in [4.78, 5) is 0. The minimum Gasteiger partial charge on any atom is -0.394 e. The first-order valence-electron chi connectivity index (χ1n) is 8.07. The van der Waals surface area contributed by atoms with Gasteiger partial charge in [0.1, 0.15) is 0 Å². The van der Waals surface area contributed by atoms with Gasteiger partial charge < -0.3 is 15.2 Å². The van der Waals surface area contributed by atoms with Gasteiger partial charge in [-0.3, -0.25) is 0 Å². The van der Waals surface area contributed by atoms with Crippen LogP contribution in [0.2, 0.25) is 0 Å². The minimum atomic E-state index is -0.103. The zero-order valence-electron chi connectivity index (χ0n) is 13.5. The number of ether oxygens (including phenoxy) is 1. The van der Waals surface area contributed by atoms with Gasteiger partial charge in [-0.25, -0.2) is 0 Å². The summed E-state index contributed by atoms with van der Waals surface area (Å²) >= 11 is 0. The van der Waals surface area contributed by atoms with Crippen LogP contribution in [0.5, 0.6) is 0 Å². The Morgan fingerprint density at radius 1 is 1.21 bits per heavy atom. The summed E-state index contributed by atoms with van der Waals surface area (Å²) in [5, 5.41) is 13.1. The van der Waals surface area contributed by atoms with Crippen LogP contribution in [0.15, 0.2) is 0 Å². The fourth-order valence-corrected chi connectivity index (χ4v) is 2.40. The van der Waals surface area contributed by atoms with Crippen molar-refractivity contribution in [1.82, 2.24) is 5.32 Å². The first-order valence-corrected chi connectivity index (χ1v) is 8.07. The Balaban J connectivity index is 3.80. The van der Waals surface area contributed by atoms with Gasteiger partial charge in [-0.15, -0.1) is 0 Å². The molecule has 0 aromatic rings. The van der Waals surface area contributed by atoms with Gasteiger partial charge >= 0.3 is 0 Å². The molecular formula is C16H35NO2. The lowest BCUT2D eigenvalue weighted by Gasteiger charge is -2.32. The van der Waals surface area contributed by atoms with E-state index in [1.807, 2.05) is 0 Å². The first kappa shape index (κ1) is 18.9. The second kappa shape index (κ2) is 11.7. The van der Waals surface area contributed by atoms with Crippen LogP contribution in [0, 0.1) is 5.92 Å². The molecule has 2 N–H and O–H groups in total. The summed E-state index contributed by atoms with van der Waals surface area (Å²) in [5.41, 5.74) is -0.103. The molecule has 0 saturated carbocycles. The molecular weight excluding hydrogens is 238 g/mol. The van der Waals surface area contributed by atoms with Crippen LogP contribution >= 0.6 is 0 Å². The molecule has 0 aromatic carbocycles. The van der Waals surface area contributed by atoms with E-state index in [0.717, 1.165) is 45.4 Å². The molecule has 0 heterocycles. The van der Waals surface area contributed by atoms with Crippen LogP contribution in [-0.4, -0.2) is 37.0 Å². The van der Waals surface area contributed by atoms with Gasteiger partial charge in [0.2, 0.25) is 0 Å². The maximum absolute atomic E-state index is 9.61. The summed E-state index contributed by atoms with van der Waals surface area (Å²) in [7, 11) is 0. The molecule has 0 bridgehead atoms. The van der Waals surface area contributed by atoms with Crippen molar-refractivity contribution in [1.29, 1.82) is 0 Å². The normalized spacial score (nSPS) is 16.3. The fraction of sp³-hybridized carbons (Fsp3) is 1.00. The third kappa shape index (κ3) is 8.61. The van der Waals surface area contributed by atoms with E-state index in [1.165, 1.54) is 12.8 Å². The van der Waals surface area contributed by atoms with Crippen LogP contribution in [0.1, 0.15) is 66.2 Å². The second-order valence-electron chi connectivity index (χ2n) is 5.79. The molecule has 3 heteroatoms. The predicted molar refractivity (Wildman–Crippen MR) is 82.5 cm³/mol. The van der Waals surface area contributed by atoms with Gasteiger partial charge in [0.05, 0.1) is 6.61 Å². The summed E-state index contributed by atoms with van der Waals surface area (Å²) in [6.45, 7) is 11.6. The molecule has 2 unspecified atom stereocenters. The lowest BCUT2D eigenvalue weighted by Crippen LogP contribution is -2.48. The average Bonchev–Trinajstić information content (AvgIpc) is 2.42. The largest absolute Gasteiger partial charge is 0.394 e. The molecule has 0 aliphatic carbocycles. The highest BCUT2D eigenvalue weighted by Gasteiger charge is 2.25. The third-order valence-electron chi connectivity index (χ3n) is 3.86. The summed E-state index contributed by atoms with van der Waals surface area (Å²) in [6.07, 6.45) is 6.55. The third-order valence-corrected chi connectivity index (χ3v) is 3.86. The molecule has 0 saturated heterocycles. The van der Waals surface area contributed by atoms with Crippen molar-refractivity contribution in [3.8, 4) is 0 Å². The number of rotatable bonds is 13. The van der Waals surface area contributed by atoms with Crippen LogP contribution in [-0.2, 0) is 4.74 Å². The van der Waals surface area contributed by atoms with E-state index in [4.69, 9.17) is 4.74 Å². The van der Waals surface area contributed by atoms with Crippen molar-refractivity contribution in [3.05, 3.63) is 0 Å². The second-order valence-corrected chi connectivity index (χ2v) is 5.79. The molecule has 0 fully saturated rings. The van der Waals surface area contributed by atoms with Gasteiger partial charge in [-0.05, 0) is 44.6 Å². The highest BCUT2D eigenvalue weighted by molar-refractivity contribution is 4.85. The summed E-state index contributed by atoms with van der Waals surface area (Å²) < 4.78 is 5.73. The van der Waals surface area contributed by atoms with Crippen molar-refractivity contribution in [2.24, 2.45) is 5.92 Å². The van der Waals surface area contributed by atoms with Crippen molar-refractivity contribution in [2.75, 3.05) is 26.4 Å². The monoisotopic (exact) mass is 273 g/mol. The predicted octanol–water partition coefficient (Wildman–Crippen LogP) is 3.36. The van der Waals surface area contributed by atoms with Crippen molar-refractivity contribution >= 4 is 0 Å². The van der Waals surface area contributed by atoms with Crippen molar-refractivity contribution in [3.63, 3.8) is 0 Å². The lowest BCUT2D eigenvalue weighted by atomic mass is 9.91. The molecule has 3 nitrogen and oxygen atoms in total. The zero-order valence-corrected chi connectivity index (χ0v) is 13.5. The SMILES string of the molecule is CCCNC(CC)(CO)CCCOCC(C)CCC. The van der Waals surface area contributed by atoms with Crippen molar-refractivity contribution in [2.45, 2.75) is 71.8 Å². The number of aliphatic hydroxyl groups excluding tert-OH is 1. The smallest absolute Gasteiger partial charge is 0.0613 e. The maximum atomic E-state index is 9.61. The van der Waals surface area contributed by atoms with E-state index < -0.39 is 0 Å². The molecule has 116 valence electrons. The van der Waals surface area contributed by atoms with E-state index >= 15 is 0 Å². The summed E-state index contributed by atoms with van der Waals surface area (Å²) in [6, 6.07) is 0. The topological polar surface area (TPSA) is 41.5 Å². The average molecular weight is 273 g/mol. The van der Waals surface area contributed by atoms with Crippen LogP contribution in [0.25, 0.3) is 0 Å². The van der Waals surface area contributed by atoms with Crippen LogP contribution in [0.4, 0.5) is 0 Å². The van der Waals surface area contributed by atoms with E-state index in [1.54, 1.807) is 0 Å². The standard InChI is InChI=1S/C16H35NO2/c1-5-9-15(4)13-19-12-8-10-16(7-3,14-18)17-11-6-2/h15,17-18H,5-14H2,1-4H3. The van der Waals surface area contributed by atoms with Gasteiger partial charge in [-0.1, -0.05) is 34.1 Å². The highest BCUT2D eigenvalue weighted by Crippen LogP contribution is 2.17.